The van der Waals surface area contributed by atoms with Crippen LogP contribution in [0.5, 0.6) is 0 Å². The Morgan fingerprint density at radius 1 is 1.23 bits per heavy atom. The summed E-state index contributed by atoms with van der Waals surface area (Å²) in [7, 11) is 0. The van der Waals surface area contributed by atoms with E-state index >= 15 is 0 Å². The van der Waals surface area contributed by atoms with E-state index in [1.54, 1.807) is 11.1 Å². The number of nitrogens with zero attached hydrogens (tertiary/aromatic N) is 7. The molecule has 0 radical (unpaired) electrons. The van der Waals surface area contributed by atoms with E-state index in [0.717, 1.165) is 35.1 Å². The van der Waals surface area contributed by atoms with Gasteiger partial charge in [0.25, 0.3) is 0 Å². The molecule has 0 spiro atoms. The molecule has 1 aliphatic carbocycles. The van der Waals surface area contributed by atoms with E-state index in [1.165, 1.54) is 6.33 Å². The van der Waals surface area contributed by atoms with Crippen LogP contribution in [0, 0.1) is 34.5 Å². The fraction of sp³-hybridized carbons (Fsp3) is 0.429. The lowest BCUT2D eigenvalue weighted by molar-refractivity contribution is -0.129. The Labute approximate surface area is 173 Å². The van der Waals surface area contributed by atoms with Crippen molar-refractivity contribution in [2.75, 3.05) is 13.1 Å². The number of hydrogen-bond donors (Lipinski definition) is 1. The second kappa shape index (κ2) is 6.96. The highest BCUT2D eigenvalue weighted by Gasteiger charge is 2.51. The lowest BCUT2D eigenvalue weighted by Gasteiger charge is -2.29. The van der Waals surface area contributed by atoms with Gasteiger partial charge in [0.2, 0.25) is 5.91 Å². The topological polar surface area (TPSA) is 127 Å². The van der Waals surface area contributed by atoms with Crippen molar-refractivity contribution in [2.24, 2.45) is 11.8 Å². The SMILES string of the molecule is N#CCC(=O)N1C[C@@H]2C[C@@](CC#N)(n3cc(-c4ncnc5[nH]ccc45)cn3)C[C@@H]2C1. The van der Waals surface area contributed by atoms with Gasteiger partial charge in [-0.15, -0.1) is 0 Å². The molecule has 9 heteroatoms. The van der Waals surface area contributed by atoms with E-state index in [1.807, 2.05) is 29.2 Å². The molecule has 2 aliphatic rings. The molecule has 0 bridgehead atoms. The van der Waals surface area contributed by atoms with Gasteiger partial charge in [0.05, 0.1) is 36.0 Å². The maximum absolute atomic E-state index is 12.1. The van der Waals surface area contributed by atoms with Crippen LogP contribution >= 0.6 is 0 Å². The molecule has 1 N–H and O–H groups in total. The summed E-state index contributed by atoms with van der Waals surface area (Å²) in [5.41, 5.74) is 2.10. The van der Waals surface area contributed by atoms with Crippen molar-refractivity contribution in [3.8, 4) is 23.4 Å². The van der Waals surface area contributed by atoms with Gasteiger partial charge in [0.15, 0.2) is 0 Å². The molecule has 30 heavy (non-hydrogen) atoms. The third kappa shape index (κ3) is 2.82. The summed E-state index contributed by atoms with van der Waals surface area (Å²) in [6.07, 6.45) is 9.04. The Morgan fingerprint density at radius 2 is 2.03 bits per heavy atom. The zero-order valence-corrected chi connectivity index (χ0v) is 16.3. The molecule has 1 saturated heterocycles. The number of carbonyl (C=O) groups is 1. The van der Waals surface area contributed by atoms with Gasteiger partial charge in [-0.25, -0.2) is 9.97 Å². The van der Waals surface area contributed by atoms with Crippen LogP contribution in [0.1, 0.15) is 25.7 Å². The van der Waals surface area contributed by atoms with Crippen molar-refractivity contribution >= 4 is 16.9 Å². The third-order valence-corrected chi connectivity index (χ3v) is 6.55. The Kier molecular flexibility index (Phi) is 4.25. The fourth-order valence-electron chi connectivity index (χ4n) is 5.21. The molecule has 0 aromatic carbocycles. The molecule has 5 rings (SSSR count). The minimum atomic E-state index is -0.378. The van der Waals surface area contributed by atoms with Crippen LogP contribution < -0.4 is 0 Å². The molecule has 9 nitrogen and oxygen atoms in total. The first-order valence-corrected chi connectivity index (χ1v) is 9.99. The molecular formula is C21H20N8O. The Morgan fingerprint density at radius 3 is 2.77 bits per heavy atom. The van der Waals surface area contributed by atoms with Crippen LogP contribution in [0.25, 0.3) is 22.3 Å². The van der Waals surface area contributed by atoms with Gasteiger partial charge in [-0.05, 0) is 30.7 Å². The molecule has 150 valence electrons. The van der Waals surface area contributed by atoms with Gasteiger partial charge in [0.1, 0.15) is 18.4 Å². The van der Waals surface area contributed by atoms with Crippen LogP contribution in [0.4, 0.5) is 0 Å². The van der Waals surface area contributed by atoms with Gasteiger partial charge in [0, 0.05) is 36.4 Å². The van der Waals surface area contributed by atoms with Crippen molar-refractivity contribution in [1.82, 2.24) is 29.6 Å². The molecule has 3 aromatic rings. The van der Waals surface area contributed by atoms with E-state index < -0.39 is 0 Å². The molecule has 4 heterocycles. The summed E-state index contributed by atoms with van der Waals surface area (Å²) in [6, 6.07) is 6.24. The van der Waals surface area contributed by atoms with Crippen LogP contribution in [0.3, 0.4) is 0 Å². The quantitative estimate of drug-likeness (QED) is 0.715. The lowest BCUT2D eigenvalue weighted by atomic mass is 9.92. The molecule has 3 aromatic heterocycles. The number of carbonyl (C=O) groups excluding carboxylic acids is 1. The smallest absolute Gasteiger partial charge is 0.236 e. The first-order valence-electron chi connectivity index (χ1n) is 9.99. The van der Waals surface area contributed by atoms with Gasteiger partial charge >= 0.3 is 0 Å². The molecule has 2 fully saturated rings. The van der Waals surface area contributed by atoms with Gasteiger partial charge < -0.3 is 9.88 Å². The first kappa shape index (κ1) is 18.3. The first-order chi connectivity index (χ1) is 14.6. The summed E-state index contributed by atoms with van der Waals surface area (Å²) >= 11 is 0. The highest BCUT2D eigenvalue weighted by Crippen LogP contribution is 2.49. The number of amides is 1. The predicted octanol–water partition coefficient (Wildman–Crippen LogP) is 2.21. The van der Waals surface area contributed by atoms with E-state index in [-0.39, 0.29) is 17.9 Å². The molecule has 1 aliphatic heterocycles. The summed E-state index contributed by atoms with van der Waals surface area (Å²) in [5, 5.41) is 23.9. The highest BCUT2D eigenvalue weighted by atomic mass is 16.2. The normalized spacial score (nSPS) is 25.2. The molecule has 1 amide bonds. The third-order valence-electron chi connectivity index (χ3n) is 6.55. The minimum absolute atomic E-state index is 0.0716. The zero-order valence-electron chi connectivity index (χ0n) is 16.3. The number of hydrogen-bond acceptors (Lipinski definition) is 6. The highest BCUT2D eigenvalue weighted by molar-refractivity contribution is 5.90. The lowest BCUT2D eigenvalue weighted by Crippen LogP contribution is -2.35. The van der Waals surface area contributed by atoms with Gasteiger partial charge in [-0.3, -0.25) is 9.48 Å². The van der Waals surface area contributed by atoms with Gasteiger partial charge in [-0.2, -0.15) is 15.6 Å². The second-order valence-corrected chi connectivity index (χ2v) is 8.26. The number of likely N-dealkylation sites (tertiary alicyclic amines) is 1. The van der Waals surface area contributed by atoms with Gasteiger partial charge in [-0.1, -0.05) is 0 Å². The van der Waals surface area contributed by atoms with E-state index in [9.17, 15) is 10.1 Å². The molecule has 3 atom stereocenters. The average Bonchev–Trinajstić information content (AvgIpc) is 3.50. The standard InChI is InChI=1S/C21H20N8O/c22-4-1-18(30)28-10-14-7-21(3-5-23,8-15(14)11-28)29-12-16(9-27-29)19-17-2-6-24-20(17)26-13-25-19/h2,6,9,12-15H,1,3,7-8,10-11H2,(H,24,25,26)/t14-,15+,21+. The Bertz CT molecular complexity index is 1180. The fourth-order valence-corrected chi connectivity index (χ4v) is 5.21. The monoisotopic (exact) mass is 400 g/mol. The zero-order chi connectivity index (χ0) is 20.7. The summed E-state index contributed by atoms with van der Waals surface area (Å²) < 4.78 is 1.94. The van der Waals surface area contributed by atoms with E-state index in [0.29, 0.717) is 31.3 Å². The minimum Gasteiger partial charge on any atom is -0.346 e. The Hall–Kier alpha value is -3.72. The number of fused-ring (bicyclic) bond motifs is 2. The maximum atomic E-state index is 12.1. The summed E-state index contributed by atoms with van der Waals surface area (Å²) in [4.78, 5) is 25.7. The number of H-pyrrole nitrogens is 1. The number of aromatic nitrogens is 5. The number of aromatic amines is 1. The summed E-state index contributed by atoms with van der Waals surface area (Å²) in [5.74, 6) is 0.548. The van der Waals surface area contributed by atoms with Crippen LogP contribution in [0.2, 0.25) is 0 Å². The largest absolute Gasteiger partial charge is 0.346 e. The molecule has 0 unspecified atom stereocenters. The average molecular weight is 400 g/mol. The number of nitriles is 2. The van der Waals surface area contributed by atoms with E-state index in [4.69, 9.17) is 5.26 Å². The van der Waals surface area contributed by atoms with Crippen LogP contribution in [0.15, 0.2) is 31.0 Å². The van der Waals surface area contributed by atoms with Crippen LogP contribution in [-0.4, -0.2) is 48.6 Å². The summed E-state index contributed by atoms with van der Waals surface area (Å²) in [6.45, 7) is 1.31. The van der Waals surface area contributed by atoms with Crippen molar-refractivity contribution in [3.05, 3.63) is 31.0 Å². The number of rotatable bonds is 4. The Balaban J connectivity index is 1.42. The van der Waals surface area contributed by atoms with Crippen molar-refractivity contribution in [2.45, 2.75) is 31.2 Å². The van der Waals surface area contributed by atoms with Crippen molar-refractivity contribution in [3.63, 3.8) is 0 Å². The maximum Gasteiger partial charge on any atom is 0.236 e. The van der Waals surface area contributed by atoms with Crippen LogP contribution in [-0.2, 0) is 10.3 Å². The second-order valence-electron chi connectivity index (χ2n) is 8.26. The number of nitrogens with one attached hydrogen (secondary N) is 1. The molecule has 1 saturated carbocycles. The van der Waals surface area contributed by atoms with Crippen molar-refractivity contribution < 1.29 is 4.79 Å². The van der Waals surface area contributed by atoms with E-state index in [2.05, 4.69) is 26.1 Å². The molecular weight excluding hydrogens is 380 g/mol. The predicted molar refractivity (Wildman–Crippen MR) is 106 cm³/mol. The van der Waals surface area contributed by atoms with Crippen molar-refractivity contribution in [1.29, 1.82) is 10.5 Å².